The van der Waals surface area contributed by atoms with Gasteiger partial charge in [0.1, 0.15) is 0 Å². The van der Waals surface area contributed by atoms with Crippen molar-refractivity contribution in [3.05, 3.63) is 29.3 Å². The SMILES string of the molecule is CN1CCc2cc(C3C(N)CCCCN3C)ccc21. The zero-order valence-electron chi connectivity index (χ0n) is 12.1. The van der Waals surface area contributed by atoms with Crippen LogP contribution in [0.2, 0.25) is 0 Å². The summed E-state index contributed by atoms with van der Waals surface area (Å²) < 4.78 is 0. The van der Waals surface area contributed by atoms with Gasteiger partial charge >= 0.3 is 0 Å². The van der Waals surface area contributed by atoms with Crippen LogP contribution in [0.25, 0.3) is 0 Å². The zero-order chi connectivity index (χ0) is 13.4. The fourth-order valence-electron chi connectivity index (χ4n) is 3.64. The third-order valence-corrected chi connectivity index (χ3v) is 4.75. The van der Waals surface area contributed by atoms with E-state index in [2.05, 4.69) is 42.1 Å². The average Bonchev–Trinajstić information content (AvgIpc) is 2.67. The molecule has 0 saturated carbocycles. The first-order chi connectivity index (χ1) is 9.16. The van der Waals surface area contributed by atoms with Crippen molar-refractivity contribution in [3.63, 3.8) is 0 Å². The zero-order valence-corrected chi connectivity index (χ0v) is 12.1. The minimum atomic E-state index is 0.268. The van der Waals surface area contributed by atoms with Gasteiger partial charge in [0, 0.05) is 31.4 Å². The molecule has 0 bridgehead atoms. The number of nitrogens with two attached hydrogens (primary N) is 1. The second kappa shape index (κ2) is 5.14. The molecule has 2 atom stereocenters. The maximum absolute atomic E-state index is 6.42. The van der Waals surface area contributed by atoms with Crippen LogP contribution >= 0.6 is 0 Å². The van der Waals surface area contributed by atoms with Gasteiger partial charge in [0.25, 0.3) is 0 Å². The molecule has 1 aromatic carbocycles. The van der Waals surface area contributed by atoms with Crippen LogP contribution in [0.3, 0.4) is 0 Å². The van der Waals surface area contributed by atoms with Gasteiger partial charge in [0.15, 0.2) is 0 Å². The Morgan fingerprint density at radius 3 is 2.84 bits per heavy atom. The number of fused-ring (bicyclic) bond motifs is 1. The van der Waals surface area contributed by atoms with E-state index >= 15 is 0 Å². The summed E-state index contributed by atoms with van der Waals surface area (Å²) in [7, 11) is 4.39. The van der Waals surface area contributed by atoms with E-state index in [1.807, 2.05) is 0 Å². The molecule has 104 valence electrons. The summed E-state index contributed by atoms with van der Waals surface area (Å²) in [5, 5.41) is 0. The van der Waals surface area contributed by atoms with E-state index in [-0.39, 0.29) is 6.04 Å². The summed E-state index contributed by atoms with van der Waals surface area (Å²) in [4.78, 5) is 4.79. The summed E-state index contributed by atoms with van der Waals surface area (Å²) in [5.74, 6) is 0. The first-order valence-corrected chi connectivity index (χ1v) is 7.46. The first kappa shape index (κ1) is 12.9. The Bertz CT molecular complexity index is 445. The molecule has 0 amide bonds. The van der Waals surface area contributed by atoms with E-state index < -0.39 is 0 Å². The van der Waals surface area contributed by atoms with E-state index in [0.29, 0.717) is 6.04 Å². The molecular formula is C16H25N3. The quantitative estimate of drug-likeness (QED) is 0.839. The fourth-order valence-corrected chi connectivity index (χ4v) is 3.64. The van der Waals surface area contributed by atoms with Crippen molar-refractivity contribution < 1.29 is 0 Å². The normalized spacial score (nSPS) is 28.3. The van der Waals surface area contributed by atoms with Gasteiger partial charge in [-0.25, -0.2) is 0 Å². The molecule has 1 aromatic rings. The molecule has 2 aliphatic heterocycles. The molecule has 0 spiro atoms. The van der Waals surface area contributed by atoms with Gasteiger partial charge in [-0.15, -0.1) is 0 Å². The highest BCUT2D eigenvalue weighted by Gasteiger charge is 2.27. The minimum Gasteiger partial charge on any atom is -0.374 e. The Morgan fingerprint density at radius 2 is 2.00 bits per heavy atom. The van der Waals surface area contributed by atoms with Crippen LogP contribution in [0.4, 0.5) is 5.69 Å². The smallest absolute Gasteiger partial charge is 0.0496 e. The molecule has 19 heavy (non-hydrogen) atoms. The number of hydrogen-bond acceptors (Lipinski definition) is 3. The van der Waals surface area contributed by atoms with E-state index in [1.54, 1.807) is 0 Å². The third-order valence-electron chi connectivity index (χ3n) is 4.75. The second-order valence-electron chi connectivity index (χ2n) is 6.14. The lowest BCUT2D eigenvalue weighted by Gasteiger charge is -2.31. The molecule has 0 aliphatic carbocycles. The van der Waals surface area contributed by atoms with Crippen LogP contribution in [-0.2, 0) is 6.42 Å². The van der Waals surface area contributed by atoms with Crippen LogP contribution in [0.15, 0.2) is 18.2 Å². The molecule has 1 saturated heterocycles. The molecule has 2 heterocycles. The Labute approximate surface area is 116 Å². The molecule has 2 aliphatic rings. The van der Waals surface area contributed by atoms with Crippen LogP contribution in [0.1, 0.15) is 36.4 Å². The predicted octanol–water partition coefficient (Wildman–Crippen LogP) is 2.16. The average molecular weight is 259 g/mol. The number of benzene rings is 1. The van der Waals surface area contributed by atoms with Crippen LogP contribution in [0, 0.1) is 0 Å². The van der Waals surface area contributed by atoms with Crippen LogP contribution < -0.4 is 10.6 Å². The highest BCUT2D eigenvalue weighted by Crippen LogP contribution is 2.33. The molecule has 3 rings (SSSR count). The Hall–Kier alpha value is -1.06. The van der Waals surface area contributed by atoms with Crippen molar-refractivity contribution >= 4 is 5.69 Å². The van der Waals surface area contributed by atoms with Gasteiger partial charge in [-0.3, -0.25) is 4.90 Å². The molecule has 2 N–H and O–H groups in total. The summed E-state index contributed by atoms with van der Waals surface area (Å²) in [6.07, 6.45) is 4.85. The summed E-state index contributed by atoms with van der Waals surface area (Å²) in [6.45, 7) is 2.31. The lowest BCUT2D eigenvalue weighted by molar-refractivity contribution is 0.230. The number of likely N-dealkylation sites (tertiary alicyclic amines) is 1. The van der Waals surface area contributed by atoms with Gasteiger partial charge in [0.2, 0.25) is 0 Å². The van der Waals surface area contributed by atoms with Crippen molar-refractivity contribution in [2.45, 2.75) is 37.8 Å². The molecular weight excluding hydrogens is 234 g/mol. The molecule has 3 nitrogen and oxygen atoms in total. The Kier molecular flexibility index (Phi) is 3.50. The number of nitrogens with zero attached hydrogens (tertiary/aromatic N) is 2. The van der Waals surface area contributed by atoms with E-state index in [9.17, 15) is 0 Å². The van der Waals surface area contributed by atoms with Gasteiger partial charge in [0.05, 0.1) is 0 Å². The lowest BCUT2D eigenvalue weighted by Crippen LogP contribution is -2.37. The summed E-state index contributed by atoms with van der Waals surface area (Å²) in [5.41, 5.74) is 10.7. The van der Waals surface area contributed by atoms with Crippen molar-refractivity contribution in [2.75, 3.05) is 32.1 Å². The predicted molar refractivity (Wildman–Crippen MR) is 80.6 cm³/mol. The Balaban J connectivity index is 1.92. The van der Waals surface area contributed by atoms with Crippen molar-refractivity contribution in [3.8, 4) is 0 Å². The van der Waals surface area contributed by atoms with Gasteiger partial charge in [-0.1, -0.05) is 18.6 Å². The molecule has 0 radical (unpaired) electrons. The molecule has 2 unspecified atom stereocenters. The van der Waals surface area contributed by atoms with E-state index in [1.165, 1.54) is 36.1 Å². The standard InChI is InChI=1S/C16H25N3/c1-18-10-8-12-11-13(6-7-15(12)18)16-14(17)5-3-4-9-19(16)2/h6-7,11,14,16H,3-5,8-10,17H2,1-2H3. The third kappa shape index (κ3) is 2.37. The van der Waals surface area contributed by atoms with Crippen molar-refractivity contribution in [2.24, 2.45) is 5.73 Å². The monoisotopic (exact) mass is 259 g/mol. The van der Waals surface area contributed by atoms with Gasteiger partial charge in [-0.2, -0.15) is 0 Å². The van der Waals surface area contributed by atoms with Gasteiger partial charge < -0.3 is 10.6 Å². The van der Waals surface area contributed by atoms with Crippen LogP contribution in [0.5, 0.6) is 0 Å². The van der Waals surface area contributed by atoms with Gasteiger partial charge in [-0.05, 0) is 50.0 Å². The van der Waals surface area contributed by atoms with E-state index in [0.717, 1.165) is 19.5 Å². The Morgan fingerprint density at radius 1 is 1.16 bits per heavy atom. The highest BCUT2D eigenvalue weighted by molar-refractivity contribution is 5.58. The molecule has 1 fully saturated rings. The lowest BCUT2D eigenvalue weighted by atomic mass is 9.94. The maximum atomic E-state index is 6.42. The second-order valence-corrected chi connectivity index (χ2v) is 6.14. The molecule has 0 aromatic heterocycles. The number of rotatable bonds is 1. The number of anilines is 1. The minimum absolute atomic E-state index is 0.268. The number of hydrogen-bond donors (Lipinski definition) is 1. The maximum Gasteiger partial charge on any atom is 0.0496 e. The van der Waals surface area contributed by atoms with E-state index in [4.69, 9.17) is 5.73 Å². The highest BCUT2D eigenvalue weighted by atomic mass is 15.2. The first-order valence-electron chi connectivity index (χ1n) is 7.46. The fraction of sp³-hybridized carbons (Fsp3) is 0.625. The van der Waals surface area contributed by atoms with Crippen molar-refractivity contribution in [1.82, 2.24) is 4.90 Å². The molecule has 3 heteroatoms. The topological polar surface area (TPSA) is 32.5 Å². The largest absolute Gasteiger partial charge is 0.374 e. The van der Waals surface area contributed by atoms with Crippen LogP contribution in [-0.4, -0.2) is 38.1 Å². The van der Waals surface area contributed by atoms with Crippen molar-refractivity contribution in [1.29, 1.82) is 0 Å². The number of likely N-dealkylation sites (N-methyl/N-ethyl adjacent to an activating group) is 2. The summed E-state index contributed by atoms with van der Waals surface area (Å²) in [6, 6.07) is 7.62. The summed E-state index contributed by atoms with van der Waals surface area (Å²) >= 11 is 0.